The Morgan fingerprint density at radius 3 is 2.89 bits per heavy atom. The van der Waals surface area contributed by atoms with E-state index in [0.717, 1.165) is 24.7 Å². The average molecular weight is 266 g/mol. The van der Waals surface area contributed by atoms with E-state index < -0.39 is 0 Å². The first-order valence-electron chi connectivity index (χ1n) is 7.37. The number of aromatic nitrogens is 2. The van der Waals surface area contributed by atoms with Gasteiger partial charge in [0, 0.05) is 25.0 Å². The van der Waals surface area contributed by atoms with E-state index in [1.54, 1.807) is 0 Å². The van der Waals surface area contributed by atoms with E-state index in [9.17, 15) is 0 Å². The molecule has 1 aliphatic rings. The van der Waals surface area contributed by atoms with Crippen molar-refractivity contribution in [2.24, 2.45) is 11.7 Å². The summed E-state index contributed by atoms with van der Waals surface area (Å²) in [7, 11) is 0. The van der Waals surface area contributed by atoms with Gasteiger partial charge in [0.2, 0.25) is 5.89 Å². The molecule has 1 aliphatic heterocycles. The van der Waals surface area contributed by atoms with Gasteiger partial charge in [-0.25, -0.2) is 0 Å². The molecule has 1 aromatic heterocycles. The van der Waals surface area contributed by atoms with Gasteiger partial charge in [0.1, 0.15) is 0 Å². The lowest BCUT2D eigenvalue weighted by molar-refractivity contribution is 0.0770. The van der Waals surface area contributed by atoms with Gasteiger partial charge in [-0.1, -0.05) is 25.4 Å². The molecule has 2 N–H and O–H groups in total. The molecule has 0 spiro atoms. The second-order valence-electron chi connectivity index (χ2n) is 6.04. The molecule has 2 unspecified atom stereocenters. The Labute approximate surface area is 115 Å². The molecule has 0 saturated carbocycles. The van der Waals surface area contributed by atoms with Crippen molar-refractivity contribution >= 4 is 0 Å². The van der Waals surface area contributed by atoms with Crippen molar-refractivity contribution in [3.63, 3.8) is 0 Å². The highest BCUT2D eigenvalue weighted by Crippen LogP contribution is 2.24. The molecule has 0 aromatic carbocycles. The van der Waals surface area contributed by atoms with Gasteiger partial charge in [-0.15, -0.1) is 0 Å². The van der Waals surface area contributed by atoms with Crippen LogP contribution in [0.4, 0.5) is 0 Å². The number of piperidine rings is 1. The van der Waals surface area contributed by atoms with Gasteiger partial charge in [-0.2, -0.15) is 4.98 Å². The zero-order valence-electron chi connectivity index (χ0n) is 12.3. The maximum absolute atomic E-state index is 5.87. The van der Waals surface area contributed by atoms with Gasteiger partial charge < -0.3 is 10.3 Å². The predicted octanol–water partition coefficient (Wildman–Crippen LogP) is 1.97. The summed E-state index contributed by atoms with van der Waals surface area (Å²) in [5.74, 6) is 2.10. The van der Waals surface area contributed by atoms with Crippen LogP contribution in [0.3, 0.4) is 0 Å². The lowest BCUT2D eigenvalue weighted by Crippen LogP contribution is -2.48. The second-order valence-corrected chi connectivity index (χ2v) is 6.04. The van der Waals surface area contributed by atoms with E-state index >= 15 is 0 Å². The summed E-state index contributed by atoms with van der Waals surface area (Å²) < 4.78 is 5.37. The molecule has 1 fully saturated rings. The molecule has 2 heterocycles. The van der Waals surface area contributed by atoms with E-state index in [1.165, 1.54) is 19.3 Å². The Morgan fingerprint density at radius 2 is 2.21 bits per heavy atom. The summed E-state index contributed by atoms with van der Waals surface area (Å²) in [4.78, 5) is 6.90. The Balaban J connectivity index is 2.00. The third kappa shape index (κ3) is 3.76. The normalized spacial score (nSPS) is 25.1. The van der Waals surface area contributed by atoms with Crippen LogP contribution in [-0.2, 0) is 13.0 Å². The molecule has 0 bridgehead atoms. The lowest BCUT2D eigenvalue weighted by atomic mass is 9.96. The minimum Gasteiger partial charge on any atom is -0.338 e. The van der Waals surface area contributed by atoms with Crippen LogP contribution in [0, 0.1) is 5.92 Å². The van der Waals surface area contributed by atoms with E-state index in [1.807, 2.05) is 0 Å². The summed E-state index contributed by atoms with van der Waals surface area (Å²) in [5, 5.41) is 4.05. The van der Waals surface area contributed by atoms with Crippen molar-refractivity contribution in [1.82, 2.24) is 15.0 Å². The zero-order chi connectivity index (χ0) is 13.8. The summed E-state index contributed by atoms with van der Waals surface area (Å²) in [6, 6.07) is 0.993. The summed E-state index contributed by atoms with van der Waals surface area (Å²) in [5.41, 5.74) is 5.87. The molecule has 108 valence electrons. The molecule has 5 nitrogen and oxygen atoms in total. The third-order valence-corrected chi connectivity index (χ3v) is 3.89. The first-order valence-corrected chi connectivity index (χ1v) is 7.37. The molecular weight excluding hydrogens is 240 g/mol. The van der Waals surface area contributed by atoms with E-state index in [2.05, 4.69) is 35.8 Å². The molecule has 2 rings (SSSR count). The van der Waals surface area contributed by atoms with Crippen molar-refractivity contribution in [2.45, 2.75) is 65.1 Å². The second kappa shape index (κ2) is 6.48. The fourth-order valence-electron chi connectivity index (χ4n) is 2.84. The largest absolute Gasteiger partial charge is 0.338 e. The Hall–Kier alpha value is -0.940. The Bertz CT molecular complexity index is 391. The quantitative estimate of drug-likeness (QED) is 0.882. The zero-order valence-corrected chi connectivity index (χ0v) is 12.3. The molecule has 0 radical (unpaired) electrons. The van der Waals surface area contributed by atoms with Crippen molar-refractivity contribution in [3.8, 4) is 0 Å². The van der Waals surface area contributed by atoms with E-state index in [0.29, 0.717) is 24.5 Å². The molecule has 0 aliphatic carbocycles. The number of hydrogen-bond acceptors (Lipinski definition) is 5. The molecule has 5 heteroatoms. The highest BCUT2D eigenvalue weighted by Gasteiger charge is 2.28. The van der Waals surface area contributed by atoms with Crippen LogP contribution in [0.5, 0.6) is 0 Å². The summed E-state index contributed by atoms with van der Waals surface area (Å²) in [6.07, 6.45) is 4.54. The van der Waals surface area contributed by atoms with Gasteiger partial charge in [-0.3, -0.25) is 4.90 Å². The minimum atomic E-state index is 0.448. The first kappa shape index (κ1) is 14.5. The monoisotopic (exact) mass is 266 g/mol. The van der Waals surface area contributed by atoms with Crippen molar-refractivity contribution < 1.29 is 4.52 Å². The Kier molecular flexibility index (Phi) is 4.93. The van der Waals surface area contributed by atoms with E-state index in [-0.39, 0.29) is 0 Å². The maximum Gasteiger partial charge on any atom is 0.240 e. The van der Waals surface area contributed by atoms with Gasteiger partial charge in [0.05, 0.1) is 6.54 Å². The number of hydrogen-bond donors (Lipinski definition) is 1. The van der Waals surface area contributed by atoms with Crippen molar-refractivity contribution in [2.75, 3.05) is 6.54 Å². The fraction of sp³-hybridized carbons (Fsp3) is 0.857. The van der Waals surface area contributed by atoms with Crippen LogP contribution >= 0.6 is 0 Å². The van der Waals surface area contributed by atoms with Crippen molar-refractivity contribution in [1.29, 1.82) is 0 Å². The van der Waals surface area contributed by atoms with Crippen LogP contribution in [0.2, 0.25) is 0 Å². The molecule has 0 amide bonds. The number of rotatable bonds is 5. The molecule has 19 heavy (non-hydrogen) atoms. The summed E-state index contributed by atoms with van der Waals surface area (Å²) >= 11 is 0. The number of nitrogens with two attached hydrogens (primary N) is 1. The Morgan fingerprint density at radius 1 is 1.42 bits per heavy atom. The molecule has 1 saturated heterocycles. The number of likely N-dealkylation sites (tertiary alicyclic amines) is 1. The SMILES string of the molecule is CC(C)Cc1noc(CN2C(C)CCCC2CN)n1. The van der Waals surface area contributed by atoms with Gasteiger partial charge in [-0.05, 0) is 25.7 Å². The highest BCUT2D eigenvalue weighted by atomic mass is 16.5. The molecular formula is C14H26N4O. The smallest absolute Gasteiger partial charge is 0.240 e. The minimum absolute atomic E-state index is 0.448. The average Bonchev–Trinajstić information content (AvgIpc) is 2.78. The van der Waals surface area contributed by atoms with E-state index in [4.69, 9.17) is 10.3 Å². The van der Waals surface area contributed by atoms with Gasteiger partial charge in [0.15, 0.2) is 5.82 Å². The molecule has 1 aromatic rings. The van der Waals surface area contributed by atoms with Crippen LogP contribution in [0.25, 0.3) is 0 Å². The van der Waals surface area contributed by atoms with Gasteiger partial charge in [0.25, 0.3) is 0 Å². The van der Waals surface area contributed by atoms with Crippen LogP contribution < -0.4 is 5.73 Å². The van der Waals surface area contributed by atoms with Gasteiger partial charge >= 0.3 is 0 Å². The topological polar surface area (TPSA) is 68.2 Å². The fourth-order valence-corrected chi connectivity index (χ4v) is 2.84. The number of nitrogens with zero attached hydrogens (tertiary/aromatic N) is 3. The predicted molar refractivity (Wildman–Crippen MR) is 74.5 cm³/mol. The van der Waals surface area contributed by atoms with Crippen LogP contribution in [-0.4, -0.2) is 33.7 Å². The van der Waals surface area contributed by atoms with Crippen LogP contribution in [0.1, 0.15) is 51.7 Å². The first-order chi connectivity index (χ1) is 9.10. The summed E-state index contributed by atoms with van der Waals surface area (Å²) in [6.45, 7) is 8.01. The maximum atomic E-state index is 5.87. The highest BCUT2D eigenvalue weighted by molar-refractivity contribution is 4.91. The standard InChI is InChI=1S/C14H26N4O/c1-10(2)7-13-16-14(19-17-13)9-18-11(3)5-4-6-12(18)8-15/h10-12H,4-9,15H2,1-3H3. The van der Waals surface area contributed by atoms with Crippen molar-refractivity contribution in [3.05, 3.63) is 11.7 Å². The lowest BCUT2D eigenvalue weighted by Gasteiger charge is -2.39. The third-order valence-electron chi connectivity index (χ3n) is 3.89. The molecule has 2 atom stereocenters. The van der Waals surface area contributed by atoms with Crippen LogP contribution in [0.15, 0.2) is 4.52 Å².